The molecule has 3 atom stereocenters. The van der Waals surface area contributed by atoms with E-state index in [4.69, 9.17) is 11.6 Å². The molecular weight excluding hydrogens is 505 g/mol. The molecule has 1 saturated heterocycles. The quantitative estimate of drug-likeness (QED) is 0.165. The zero-order valence-electron chi connectivity index (χ0n) is 18.6. The molecule has 1 fully saturated rings. The third kappa shape index (κ3) is 7.22. The van der Waals surface area contributed by atoms with Crippen LogP contribution in [0.2, 0.25) is 0 Å². The number of amides is 3. The van der Waals surface area contributed by atoms with Crippen LogP contribution in [-0.2, 0) is 20.6 Å². The Hall–Kier alpha value is -3.56. The molecule has 0 bridgehead atoms. The Labute approximate surface area is 200 Å². The van der Waals surface area contributed by atoms with Crippen molar-refractivity contribution in [2.45, 2.75) is 44.2 Å². The molecule has 0 radical (unpaired) electrons. The second-order valence-electron chi connectivity index (χ2n) is 7.97. The summed E-state index contributed by atoms with van der Waals surface area (Å²) in [4.78, 5) is 38.5. The Morgan fingerprint density at radius 3 is 2.39 bits per heavy atom. The van der Waals surface area contributed by atoms with Gasteiger partial charge in [-0.3, -0.25) is 20.2 Å². The van der Waals surface area contributed by atoms with Gasteiger partial charge in [0.1, 0.15) is 5.82 Å². The van der Waals surface area contributed by atoms with Gasteiger partial charge in [0, 0.05) is 30.2 Å². The van der Waals surface area contributed by atoms with Crippen molar-refractivity contribution in [3.63, 3.8) is 0 Å². The Bertz CT molecular complexity index is 1030. The van der Waals surface area contributed by atoms with E-state index in [0.717, 1.165) is 17.2 Å². The Morgan fingerprint density at radius 2 is 1.83 bits per heavy atom. The summed E-state index contributed by atoms with van der Waals surface area (Å²) in [5.74, 6) is -0.966. The van der Waals surface area contributed by atoms with Gasteiger partial charge < -0.3 is 26.7 Å². The number of hydrazine groups is 1. The Kier molecular flexibility index (Phi) is 8.77. The van der Waals surface area contributed by atoms with E-state index in [1.54, 1.807) is 0 Å². The molecule has 0 saturated carbocycles. The maximum atomic E-state index is 13.5. The molecule has 0 aromatic heterocycles. The van der Waals surface area contributed by atoms with E-state index < -0.39 is 71.6 Å². The fourth-order valence-corrected chi connectivity index (χ4v) is 3.66. The third-order valence-electron chi connectivity index (χ3n) is 5.48. The lowest BCUT2D eigenvalue weighted by Crippen LogP contribution is -2.51. The highest BCUT2D eigenvalue weighted by molar-refractivity contribution is 6.35. The summed E-state index contributed by atoms with van der Waals surface area (Å²) in [6, 6.07) is -0.874. The molecular formula is C20H23F7N6O3. The number of rotatable bonds is 6. The van der Waals surface area contributed by atoms with E-state index in [-0.39, 0.29) is 18.7 Å². The van der Waals surface area contributed by atoms with Crippen LogP contribution in [0.5, 0.6) is 0 Å². The van der Waals surface area contributed by atoms with Gasteiger partial charge in [0.2, 0.25) is 5.91 Å². The highest BCUT2D eigenvalue weighted by Crippen LogP contribution is 2.33. The SMILES string of the molecule is CC1C(C(=O)Nc2ccc(F)c(C(F)(F)F)c2)CCN1C(=O)C(=O)NC(CC(F)(F)F)/C(N)=C/NN. The monoisotopic (exact) mass is 528 g/mol. The van der Waals surface area contributed by atoms with Crippen LogP contribution in [-0.4, -0.2) is 47.4 Å². The number of hydrogen-bond acceptors (Lipinski definition) is 6. The Balaban J connectivity index is 2.09. The van der Waals surface area contributed by atoms with Gasteiger partial charge in [-0.15, -0.1) is 0 Å². The lowest BCUT2D eigenvalue weighted by Gasteiger charge is -2.26. The van der Waals surface area contributed by atoms with Crippen LogP contribution in [0, 0.1) is 11.7 Å². The van der Waals surface area contributed by atoms with Crippen molar-refractivity contribution in [3.05, 3.63) is 41.5 Å². The summed E-state index contributed by atoms with van der Waals surface area (Å²) >= 11 is 0. The number of anilines is 1. The van der Waals surface area contributed by atoms with Crippen molar-refractivity contribution in [2.24, 2.45) is 17.5 Å². The number of alkyl halides is 6. The highest BCUT2D eigenvalue weighted by atomic mass is 19.4. The summed E-state index contributed by atoms with van der Waals surface area (Å²) in [5.41, 5.74) is 4.98. The minimum absolute atomic E-state index is 0.00442. The molecule has 1 aromatic carbocycles. The summed E-state index contributed by atoms with van der Waals surface area (Å²) in [6.07, 6.45) is -10.5. The van der Waals surface area contributed by atoms with E-state index in [9.17, 15) is 45.1 Å². The number of halogens is 7. The van der Waals surface area contributed by atoms with Crippen molar-refractivity contribution in [1.82, 2.24) is 15.6 Å². The molecule has 36 heavy (non-hydrogen) atoms. The summed E-state index contributed by atoms with van der Waals surface area (Å²) in [7, 11) is 0. The lowest BCUT2D eigenvalue weighted by molar-refractivity contribution is -0.150. The number of hydrogen-bond donors (Lipinski definition) is 5. The van der Waals surface area contributed by atoms with Gasteiger partial charge in [-0.25, -0.2) is 4.39 Å². The minimum Gasteiger partial charge on any atom is -0.399 e. The number of likely N-dealkylation sites (tertiary alicyclic amines) is 1. The fraction of sp³-hybridized carbons (Fsp3) is 0.450. The summed E-state index contributed by atoms with van der Waals surface area (Å²) < 4.78 is 90.7. The molecule has 16 heteroatoms. The maximum absolute atomic E-state index is 13.5. The second kappa shape index (κ2) is 11.0. The van der Waals surface area contributed by atoms with Crippen LogP contribution in [0.4, 0.5) is 36.4 Å². The number of nitrogens with zero attached hydrogens (tertiary/aromatic N) is 1. The molecule has 1 aliphatic rings. The van der Waals surface area contributed by atoms with Gasteiger partial charge in [0.15, 0.2) is 0 Å². The van der Waals surface area contributed by atoms with Crippen molar-refractivity contribution in [3.8, 4) is 0 Å². The molecule has 3 amide bonds. The van der Waals surface area contributed by atoms with E-state index in [2.05, 4.69) is 5.32 Å². The van der Waals surface area contributed by atoms with Crippen LogP contribution in [0.1, 0.15) is 25.3 Å². The largest absolute Gasteiger partial charge is 0.419 e. The molecule has 0 aliphatic carbocycles. The third-order valence-corrected chi connectivity index (χ3v) is 5.48. The van der Waals surface area contributed by atoms with E-state index in [1.807, 2.05) is 10.7 Å². The van der Waals surface area contributed by atoms with Gasteiger partial charge in [0.25, 0.3) is 0 Å². The summed E-state index contributed by atoms with van der Waals surface area (Å²) in [5, 5.41) is 4.10. The molecule has 7 N–H and O–H groups in total. The fourth-order valence-electron chi connectivity index (χ4n) is 3.66. The average Bonchev–Trinajstić information content (AvgIpc) is 3.13. The normalized spacial score (nSPS) is 19.6. The van der Waals surface area contributed by atoms with Gasteiger partial charge in [-0.05, 0) is 31.5 Å². The average molecular weight is 528 g/mol. The van der Waals surface area contributed by atoms with Crippen molar-refractivity contribution in [2.75, 3.05) is 11.9 Å². The predicted octanol–water partition coefficient (Wildman–Crippen LogP) is 1.72. The van der Waals surface area contributed by atoms with Crippen LogP contribution in [0.3, 0.4) is 0 Å². The molecule has 2 rings (SSSR count). The topological polar surface area (TPSA) is 143 Å². The minimum atomic E-state index is -5.00. The Morgan fingerprint density at radius 1 is 1.19 bits per heavy atom. The first kappa shape index (κ1) is 28.7. The molecule has 1 aliphatic heterocycles. The van der Waals surface area contributed by atoms with Crippen LogP contribution < -0.4 is 27.6 Å². The first-order chi connectivity index (χ1) is 16.5. The molecule has 3 unspecified atom stereocenters. The van der Waals surface area contributed by atoms with Crippen molar-refractivity contribution >= 4 is 23.4 Å². The number of benzene rings is 1. The van der Waals surface area contributed by atoms with Crippen molar-refractivity contribution in [1.29, 1.82) is 0 Å². The molecule has 200 valence electrons. The van der Waals surface area contributed by atoms with Gasteiger partial charge in [-0.2, -0.15) is 26.3 Å². The highest BCUT2D eigenvalue weighted by Gasteiger charge is 2.42. The molecule has 1 aromatic rings. The van der Waals surface area contributed by atoms with Crippen molar-refractivity contribution < 1.29 is 45.1 Å². The summed E-state index contributed by atoms with van der Waals surface area (Å²) in [6.45, 7) is 1.25. The van der Waals surface area contributed by atoms with Gasteiger partial charge >= 0.3 is 24.2 Å². The van der Waals surface area contributed by atoms with Crippen LogP contribution in [0.25, 0.3) is 0 Å². The smallest absolute Gasteiger partial charge is 0.399 e. The number of nitrogens with one attached hydrogen (secondary N) is 3. The van der Waals surface area contributed by atoms with E-state index in [0.29, 0.717) is 12.1 Å². The lowest BCUT2D eigenvalue weighted by atomic mass is 10.0. The second-order valence-corrected chi connectivity index (χ2v) is 7.97. The molecule has 0 spiro atoms. The number of carbonyl (C=O) groups excluding carboxylic acids is 3. The van der Waals surface area contributed by atoms with E-state index in [1.165, 1.54) is 6.92 Å². The number of carbonyl (C=O) groups is 3. The first-order valence-electron chi connectivity index (χ1n) is 10.3. The zero-order valence-corrected chi connectivity index (χ0v) is 18.6. The maximum Gasteiger partial charge on any atom is 0.419 e. The molecule has 1 heterocycles. The first-order valence-corrected chi connectivity index (χ1v) is 10.3. The number of nitrogens with two attached hydrogens (primary N) is 2. The van der Waals surface area contributed by atoms with Gasteiger partial charge in [-0.1, -0.05) is 0 Å². The van der Waals surface area contributed by atoms with Gasteiger partial charge in [0.05, 0.1) is 23.9 Å². The zero-order chi connectivity index (χ0) is 27.4. The van der Waals surface area contributed by atoms with Crippen LogP contribution >= 0.6 is 0 Å². The predicted molar refractivity (Wildman–Crippen MR) is 112 cm³/mol. The standard InChI is InChI=1S/C20H23F7N6O3/c1-9-11(16(34)31-10-2-3-13(21)12(6-10)20(25,26)27)4-5-33(9)18(36)17(35)32-15(7-19(22,23)24)14(28)8-30-29/h2-3,6,8-9,11,15,30H,4-5,7,28-29H2,1H3,(H,31,34)(H,32,35)/b14-8-. The van der Waals surface area contributed by atoms with Crippen LogP contribution in [0.15, 0.2) is 30.1 Å². The van der Waals surface area contributed by atoms with E-state index >= 15 is 0 Å². The molecule has 9 nitrogen and oxygen atoms in total.